The first-order chi connectivity index (χ1) is 11.5. The summed E-state index contributed by atoms with van der Waals surface area (Å²) in [4.78, 5) is 0. The molecule has 4 heteroatoms. The maximum Gasteiger partial charge on any atom is 0.190 e. The van der Waals surface area contributed by atoms with Crippen LogP contribution in [0.25, 0.3) is 0 Å². The van der Waals surface area contributed by atoms with E-state index in [4.69, 9.17) is 18.9 Å². The fourth-order valence-electron chi connectivity index (χ4n) is 3.32. The Labute approximate surface area is 145 Å². The Balaban J connectivity index is 1.69. The van der Waals surface area contributed by atoms with E-state index in [1.807, 2.05) is 25.1 Å². The molecule has 3 rings (SSSR count). The maximum absolute atomic E-state index is 6.27. The number of fused-ring (bicyclic) bond motifs is 1. The Kier molecular flexibility index (Phi) is 5.60. The van der Waals surface area contributed by atoms with Gasteiger partial charge in [0.2, 0.25) is 0 Å². The fraction of sp³-hybridized carbons (Fsp3) is 0.700. The minimum Gasteiger partial charge on any atom is -0.368 e. The molecule has 2 aliphatic heterocycles. The van der Waals surface area contributed by atoms with Crippen LogP contribution in [0.4, 0.5) is 0 Å². The third-order valence-electron chi connectivity index (χ3n) is 5.16. The van der Waals surface area contributed by atoms with Gasteiger partial charge in [0.1, 0.15) is 12.2 Å². The van der Waals surface area contributed by atoms with E-state index in [-0.39, 0.29) is 30.5 Å². The Morgan fingerprint density at radius 2 is 1.92 bits per heavy atom. The maximum atomic E-state index is 6.27. The lowest BCUT2D eigenvalue weighted by Crippen LogP contribution is -2.40. The Morgan fingerprint density at radius 1 is 1.17 bits per heavy atom. The summed E-state index contributed by atoms with van der Waals surface area (Å²) in [5.41, 5.74) is 1.17. The van der Waals surface area contributed by atoms with Gasteiger partial charge >= 0.3 is 0 Å². The predicted octanol–water partition coefficient (Wildman–Crippen LogP) is 4.27. The smallest absolute Gasteiger partial charge is 0.190 e. The van der Waals surface area contributed by atoms with Gasteiger partial charge in [-0.2, -0.15) is 0 Å². The summed E-state index contributed by atoms with van der Waals surface area (Å²) in [6.45, 7) is 8.97. The minimum absolute atomic E-state index is 0.0420. The van der Waals surface area contributed by atoms with E-state index in [2.05, 4.69) is 32.9 Å². The zero-order valence-electron chi connectivity index (χ0n) is 15.2. The molecule has 1 aromatic rings. The number of hydrogen-bond donors (Lipinski definition) is 0. The molecule has 0 bridgehead atoms. The van der Waals surface area contributed by atoms with E-state index < -0.39 is 5.79 Å². The van der Waals surface area contributed by atoms with Gasteiger partial charge in [0, 0.05) is 5.92 Å². The van der Waals surface area contributed by atoms with Crippen molar-refractivity contribution in [2.24, 2.45) is 5.92 Å². The number of ether oxygens (including phenoxy) is 4. The Hall–Kier alpha value is -0.940. The van der Waals surface area contributed by atoms with Gasteiger partial charge in [0.05, 0.1) is 12.7 Å². The van der Waals surface area contributed by atoms with Gasteiger partial charge in [-0.1, -0.05) is 63.9 Å². The lowest BCUT2D eigenvalue weighted by molar-refractivity contribution is -0.247. The van der Waals surface area contributed by atoms with E-state index in [1.54, 1.807) is 0 Å². The van der Waals surface area contributed by atoms with Crippen LogP contribution in [-0.2, 0) is 25.6 Å². The van der Waals surface area contributed by atoms with Gasteiger partial charge in [-0.15, -0.1) is 0 Å². The summed E-state index contributed by atoms with van der Waals surface area (Å²) in [5.74, 6) is -0.338. The van der Waals surface area contributed by atoms with Crippen molar-refractivity contribution in [1.82, 2.24) is 0 Å². The molecule has 134 valence electrons. The molecular formula is C20H30O4. The number of unbranched alkanes of at least 4 members (excludes halogenated alkanes) is 1. The molecule has 0 radical (unpaired) electrons. The van der Waals surface area contributed by atoms with Gasteiger partial charge in [-0.25, -0.2) is 0 Å². The van der Waals surface area contributed by atoms with Gasteiger partial charge in [-0.05, 0) is 18.9 Å². The summed E-state index contributed by atoms with van der Waals surface area (Å²) >= 11 is 0. The molecule has 5 atom stereocenters. The van der Waals surface area contributed by atoms with E-state index in [9.17, 15) is 0 Å². The standard InChI is InChI=1S/C20H30O4/c1-5-6-12-16-17(21-13-15-10-8-7-9-11-15)18-19(22-16)24-20(4,23-18)14(2)3/h7-11,14,16-19H,5-6,12-13H2,1-4H3/t16-,17+,18-,19-,20?/m1/s1. The summed E-state index contributed by atoms with van der Waals surface area (Å²) in [7, 11) is 0. The molecular weight excluding hydrogens is 304 g/mol. The van der Waals surface area contributed by atoms with Crippen molar-refractivity contribution >= 4 is 0 Å². The van der Waals surface area contributed by atoms with Crippen molar-refractivity contribution in [3.05, 3.63) is 35.9 Å². The molecule has 1 aromatic carbocycles. The van der Waals surface area contributed by atoms with Crippen molar-refractivity contribution in [3.8, 4) is 0 Å². The van der Waals surface area contributed by atoms with Crippen LogP contribution >= 0.6 is 0 Å². The van der Waals surface area contributed by atoms with Gasteiger partial charge in [-0.3, -0.25) is 0 Å². The molecule has 0 saturated carbocycles. The third-order valence-corrected chi connectivity index (χ3v) is 5.16. The van der Waals surface area contributed by atoms with Crippen molar-refractivity contribution in [2.75, 3.05) is 0 Å². The molecule has 2 heterocycles. The van der Waals surface area contributed by atoms with Crippen LogP contribution in [0, 0.1) is 5.92 Å². The van der Waals surface area contributed by atoms with Crippen molar-refractivity contribution in [1.29, 1.82) is 0 Å². The first-order valence-electron chi connectivity index (χ1n) is 9.20. The Morgan fingerprint density at radius 3 is 2.58 bits per heavy atom. The van der Waals surface area contributed by atoms with Crippen LogP contribution in [0.3, 0.4) is 0 Å². The van der Waals surface area contributed by atoms with E-state index in [0.717, 1.165) is 19.3 Å². The van der Waals surface area contributed by atoms with E-state index in [1.165, 1.54) is 5.56 Å². The number of benzene rings is 1. The Bertz CT molecular complexity index is 518. The zero-order valence-corrected chi connectivity index (χ0v) is 15.2. The van der Waals surface area contributed by atoms with Gasteiger partial charge < -0.3 is 18.9 Å². The van der Waals surface area contributed by atoms with Crippen LogP contribution in [0.15, 0.2) is 30.3 Å². The van der Waals surface area contributed by atoms with Crippen LogP contribution in [-0.4, -0.2) is 30.4 Å². The lowest BCUT2D eigenvalue weighted by atomic mass is 10.0. The molecule has 2 aliphatic rings. The largest absolute Gasteiger partial charge is 0.368 e. The fourth-order valence-corrected chi connectivity index (χ4v) is 3.32. The molecule has 24 heavy (non-hydrogen) atoms. The van der Waals surface area contributed by atoms with Crippen LogP contribution < -0.4 is 0 Å². The monoisotopic (exact) mass is 334 g/mol. The third kappa shape index (κ3) is 3.67. The van der Waals surface area contributed by atoms with Crippen LogP contribution in [0.5, 0.6) is 0 Å². The number of hydrogen-bond acceptors (Lipinski definition) is 4. The molecule has 4 nitrogen and oxygen atoms in total. The molecule has 0 spiro atoms. The highest BCUT2D eigenvalue weighted by molar-refractivity contribution is 5.13. The first kappa shape index (κ1) is 17.9. The second kappa shape index (κ2) is 7.52. The average molecular weight is 334 g/mol. The zero-order chi connectivity index (χ0) is 17.2. The lowest BCUT2D eigenvalue weighted by Gasteiger charge is -2.31. The second-order valence-electron chi connectivity index (χ2n) is 7.32. The van der Waals surface area contributed by atoms with E-state index in [0.29, 0.717) is 6.61 Å². The van der Waals surface area contributed by atoms with Crippen LogP contribution in [0.1, 0.15) is 52.5 Å². The second-order valence-corrected chi connectivity index (χ2v) is 7.32. The molecule has 0 aromatic heterocycles. The molecule has 0 N–H and O–H groups in total. The molecule has 0 amide bonds. The number of rotatable bonds is 7. The topological polar surface area (TPSA) is 36.9 Å². The van der Waals surface area contributed by atoms with Gasteiger partial charge in [0.15, 0.2) is 12.1 Å². The van der Waals surface area contributed by atoms with E-state index >= 15 is 0 Å². The molecule has 1 unspecified atom stereocenters. The summed E-state index contributed by atoms with van der Waals surface area (Å²) in [6.07, 6.45) is 2.74. The SMILES string of the molecule is CCCC[C@H]1O[C@@H]2OC(C)(C(C)C)O[C@@H]2[C@H]1OCc1ccccc1. The van der Waals surface area contributed by atoms with Crippen LogP contribution in [0.2, 0.25) is 0 Å². The minimum atomic E-state index is -0.598. The highest BCUT2D eigenvalue weighted by atomic mass is 16.8. The van der Waals surface area contributed by atoms with Crippen molar-refractivity contribution in [3.63, 3.8) is 0 Å². The molecule has 2 fully saturated rings. The quantitative estimate of drug-likeness (QED) is 0.746. The first-order valence-corrected chi connectivity index (χ1v) is 9.20. The predicted molar refractivity (Wildman–Crippen MR) is 92.4 cm³/mol. The molecule has 2 saturated heterocycles. The molecule has 0 aliphatic carbocycles. The average Bonchev–Trinajstić information content (AvgIpc) is 3.06. The summed E-state index contributed by atoms with van der Waals surface area (Å²) in [6, 6.07) is 10.2. The van der Waals surface area contributed by atoms with Crippen molar-refractivity contribution < 1.29 is 18.9 Å². The van der Waals surface area contributed by atoms with Crippen molar-refractivity contribution in [2.45, 2.75) is 84.0 Å². The highest BCUT2D eigenvalue weighted by Gasteiger charge is 2.57. The van der Waals surface area contributed by atoms with Gasteiger partial charge in [0.25, 0.3) is 0 Å². The summed E-state index contributed by atoms with van der Waals surface area (Å²) in [5, 5.41) is 0. The normalized spacial score (nSPS) is 35.5. The highest BCUT2D eigenvalue weighted by Crippen LogP contribution is 2.43. The summed E-state index contributed by atoms with van der Waals surface area (Å²) < 4.78 is 24.8.